The Balaban J connectivity index is 0.00000288. The van der Waals surface area contributed by atoms with Gasteiger partial charge < -0.3 is 10.2 Å². The average molecular weight is 376 g/mol. The van der Waals surface area contributed by atoms with E-state index in [4.69, 9.17) is 0 Å². The van der Waals surface area contributed by atoms with E-state index in [0.29, 0.717) is 12.1 Å². The molecule has 0 spiro atoms. The topological polar surface area (TPSA) is 78.5 Å². The van der Waals surface area contributed by atoms with E-state index in [0.717, 1.165) is 18.7 Å². The fourth-order valence-electron chi connectivity index (χ4n) is 2.72. The van der Waals surface area contributed by atoms with Crippen molar-refractivity contribution in [3.05, 3.63) is 29.3 Å². The molecule has 0 aromatic heterocycles. The Kier molecular flexibility index (Phi) is 7.66. The molecule has 1 aliphatic heterocycles. The lowest BCUT2D eigenvalue weighted by Gasteiger charge is -2.34. The third kappa shape index (κ3) is 5.17. The second-order valence-corrected chi connectivity index (χ2v) is 7.79. The molecule has 1 fully saturated rings. The van der Waals surface area contributed by atoms with E-state index >= 15 is 0 Å². The molecule has 136 valence electrons. The minimum absolute atomic E-state index is 0. The first-order chi connectivity index (χ1) is 10.8. The second kappa shape index (κ2) is 8.80. The van der Waals surface area contributed by atoms with Crippen molar-refractivity contribution in [2.75, 3.05) is 26.2 Å². The van der Waals surface area contributed by atoms with Crippen LogP contribution in [0.2, 0.25) is 0 Å². The first-order valence-electron chi connectivity index (χ1n) is 7.88. The Morgan fingerprint density at radius 1 is 1.38 bits per heavy atom. The van der Waals surface area contributed by atoms with Crippen LogP contribution in [0, 0.1) is 13.8 Å². The van der Waals surface area contributed by atoms with Crippen molar-refractivity contribution in [3.63, 3.8) is 0 Å². The van der Waals surface area contributed by atoms with Crippen molar-refractivity contribution >= 4 is 28.3 Å². The van der Waals surface area contributed by atoms with Crippen molar-refractivity contribution < 1.29 is 13.2 Å². The molecule has 0 saturated carbocycles. The van der Waals surface area contributed by atoms with Gasteiger partial charge in [-0.2, -0.15) is 0 Å². The zero-order valence-corrected chi connectivity index (χ0v) is 16.0. The highest BCUT2D eigenvalue weighted by molar-refractivity contribution is 7.89. The molecule has 0 bridgehead atoms. The second-order valence-electron chi connectivity index (χ2n) is 6.06. The van der Waals surface area contributed by atoms with Crippen molar-refractivity contribution in [3.8, 4) is 0 Å². The van der Waals surface area contributed by atoms with Crippen LogP contribution >= 0.6 is 12.4 Å². The Morgan fingerprint density at radius 2 is 2.08 bits per heavy atom. The molecule has 2 N–H and O–H groups in total. The van der Waals surface area contributed by atoms with E-state index in [1.165, 1.54) is 0 Å². The number of halogens is 1. The summed E-state index contributed by atoms with van der Waals surface area (Å²) in [5.41, 5.74) is 1.59. The molecule has 2 rings (SSSR count). The number of hydrogen-bond donors (Lipinski definition) is 2. The molecular weight excluding hydrogens is 350 g/mol. The lowest BCUT2D eigenvalue weighted by molar-refractivity contribution is -0.133. The van der Waals surface area contributed by atoms with Gasteiger partial charge in [0.2, 0.25) is 15.9 Å². The number of sulfonamides is 1. The maximum atomic E-state index is 12.4. The van der Waals surface area contributed by atoms with Crippen LogP contribution in [0.4, 0.5) is 0 Å². The summed E-state index contributed by atoms with van der Waals surface area (Å²) in [5, 5.41) is 3.23. The summed E-state index contributed by atoms with van der Waals surface area (Å²) in [5.74, 6) is -0.0114. The monoisotopic (exact) mass is 375 g/mol. The summed E-state index contributed by atoms with van der Waals surface area (Å²) in [4.78, 5) is 14.3. The minimum atomic E-state index is -3.59. The number of nitrogens with one attached hydrogen (secondary N) is 2. The standard InChI is InChI=1S/C16H25N3O3S.ClH/c1-12-4-5-13(2)15(10-12)23(21,22)18-7-6-16(20)19-9-8-17-11-14(19)3;/h4-5,10,14,17-18H,6-9,11H2,1-3H3;1H/t14-;/m0./s1. The zero-order valence-electron chi connectivity index (χ0n) is 14.3. The van der Waals surface area contributed by atoms with Gasteiger partial charge in [-0.15, -0.1) is 12.4 Å². The molecule has 1 saturated heterocycles. The number of aryl methyl sites for hydroxylation is 2. The number of hydrogen-bond acceptors (Lipinski definition) is 4. The summed E-state index contributed by atoms with van der Waals surface area (Å²) in [6.45, 7) is 7.96. The molecule has 6 nitrogen and oxygen atoms in total. The van der Waals surface area contributed by atoms with Crippen molar-refractivity contribution in [2.45, 2.75) is 38.1 Å². The maximum Gasteiger partial charge on any atom is 0.240 e. The number of carbonyl (C=O) groups is 1. The van der Waals surface area contributed by atoms with Gasteiger partial charge in [0.05, 0.1) is 4.90 Å². The van der Waals surface area contributed by atoms with E-state index in [1.54, 1.807) is 19.1 Å². The average Bonchev–Trinajstić information content (AvgIpc) is 2.49. The molecule has 1 amide bonds. The third-order valence-electron chi connectivity index (χ3n) is 4.09. The summed E-state index contributed by atoms with van der Waals surface area (Å²) >= 11 is 0. The molecular formula is C16H26ClN3O3S. The lowest BCUT2D eigenvalue weighted by Crippen LogP contribution is -2.52. The van der Waals surface area contributed by atoms with Crippen LogP contribution in [0.25, 0.3) is 0 Å². The number of rotatable bonds is 5. The van der Waals surface area contributed by atoms with Crippen molar-refractivity contribution in [1.82, 2.24) is 14.9 Å². The molecule has 1 aromatic rings. The quantitative estimate of drug-likeness (QED) is 0.811. The number of benzene rings is 1. The van der Waals surface area contributed by atoms with Gasteiger partial charge in [0.15, 0.2) is 0 Å². The number of piperazine rings is 1. The van der Waals surface area contributed by atoms with Crippen molar-refractivity contribution in [1.29, 1.82) is 0 Å². The summed E-state index contributed by atoms with van der Waals surface area (Å²) in [6.07, 6.45) is 0.175. The van der Waals surface area contributed by atoms with E-state index in [2.05, 4.69) is 10.0 Å². The van der Waals surface area contributed by atoms with Crippen LogP contribution in [-0.4, -0.2) is 51.4 Å². The fourth-order valence-corrected chi connectivity index (χ4v) is 4.08. The molecule has 0 aliphatic carbocycles. The zero-order chi connectivity index (χ0) is 17.0. The smallest absolute Gasteiger partial charge is 0.240 e. The first-order valence-corrected chi connectivity index (χ1v) is 9.36. The highest BCUT2D eigenvalue weighted by atomic mass is 35.5. The highest BCUT2D eigenvalue weighted by Crippen LogP contribution is 2.16. The van der Waals surface area contributed by atoms with E-state index < -0.39 is 10.0 Å². The van der Waals surface area contributed by atoms with E-state index in [-0.39, 0.29) is 42.2 Å². The molecule has 24 heavy (non-hydrogen) atoms. The number of amides is 1. The molecule has 8 heteroatoms. The van der Waals surface area contributed by atoms with Gasteiger partial charge >= 0.3 is 0 Å². The minimum Gasteiger partial charge on any atom is -0.337 e. The maximum absolute atomic E-state index is 12.4. The number of carbonyl (C=O) groups excluding carboxylic acids is 1. The van der Waals surface area contributed by atoms with Crippen LogP contribution in [-0.2, 0) is 14.8 Å². The van der Waals surface area contributed by atoms with Gasteiger partial charge in [0.25, 0.3) is 0 Å². The third-order valence-corrected chi connectivity index (χ3v) is 5.69. The summed E-state index contributed by atoms with van der Waals surface area (Å²) in [6, 6.07) is 5.46. The van der Waals surface area contributed by atoms with Crippen molar-refractivity contribution in [2.24, 2.45) is 0 Å². The van der Waals surface area contributed by atoms with Crippen LogP contribution in [0.15, 0.2) is 23.1 Å². The van der Waals surface area contributed by atoms with Crippen LogP contribution < -0.4 is 10.0 Å². The predicted molar refractivity (Wildman–Crippen MR) is 97.0 cm³/mol. The van der Waals surface area contributed by atoms with Gasteiger partial charge in [0, 0.05) is 38.6 Å². The van der Waals surface area contributed by atoms with E-state index in [1.807, 2.05) is 24.8 Å². The highest BCUT2D eigenvalue weighted by Gasteiger charge is 2.23. The molecule has 1 atom stereocenters. The fraction of sp³-hybridized carbons (Fsp3) is 0.562. The molecule has 0 unspecified atom stereocenters. The predicted octanol–water partition coefficient (Wildman–Crippen LogP) is 1.21. The van der Waals surface area contributed by atoms with Gasteiger partial charge in [-0.05, 0) is 38.0 Å². The Morgan fingerprint density at radius 3 is 2.75 bits per heavy atom. The molecule has 1 heterocycles. The largest absolute Gasteiger partial charge is 0.337 e. The molecule has 0 radical (unpaired) electrons. The van der Waals surface area contributed by atoms with Gasteiger partial charge in [-0.25, -0.2) is 13.1 Å². The Hall–Kier alpha value is -1.15. The van der Waals surface area contributed by atoms with Crippen LogP contribution in [0.5, 0.6) is 0 Å². The normalized spacial score (nSPS) is 18.1. The summed E-state index contributed by atoms with van der Waals surface area (Å²) < 4.78 is 27.3. The summed E-state index contributed by atoms with van der Waals surface area (Å²) in [7, 11) is -3.59. The van der Waals surface area contributed by atoms with Crippen LogP contribution in [0.1, 0.15) is 24.5 Å². The van der Waals surface area contributed by atoms with Crippen LogP contribution in [0.3, 0.4) is 0 Å². The molecule has 1 aromatic carbocycles. The first kappa shape index (κ1) is 20.9. The van der Waals surface area contributed by atoms with Gasteiger partial charge in [0.1, 0.15) is 0 Å². The number of nitrogens with zero attached hydrogens (tertiary/aromatic N) is 1. The van der Waals surface area contributed by atoms with Gasteiger partial charge in [-0.3, -0.25) is 4.79 Å². The Labute approximate surface area is 150 Å². The Bertz CT molecular complexity index is 679. The van der Waals surface area contributed by atoms with Gasteiger partial charge in [-0.1, -0.05) is 12.1 Å². The molecule has 1 aliphatic rings. The lowest BCUT2D eigenvalue weighted by atomic mass is 10.2. The van der Waals surface area contributed by atoms with E-state index in [9.17, 15) is 13.2 Å². The SMILES string of the molecule is Cc1ccc(C)c(S(=O)(=O)NCCC(=O)N2CCNC[C@@H]2C)c1.Cl.